The van der Waals surface area contributed by atoms with Gasteiger partial charge in [0.1, 0.15) is 5.75 Å². The molecule has 0 saturated carbocycles. The minimum Gasteiger partial charge on any atom is -0.497 e. The maximum Gasteiger partial charge on any atom is 0.262 e. The first kappa shape index (κ1) is 21.7. The Kier molecular flexibility index (Phi) is 6.18. The third-order valence-corrected chi connectivity index (χ3v) is 7.27. The standard InChI is InChI=1S/C27H31N3O3/c1-33-21-13-11-20(12-14-21)30-18-24(22-8-2-3-9-23(22)27(30)32)26(31)28-17-19-7-6-16-29-15-5-4-10-25(19)29/h2-3,8-9,11-14,18-19,25H,4-7,10,15-17H2,1H3,(H,28,31)/t19-,25-/m1/s1. The molecule has 2 fully saturated rings. The lowest BCUT2D eigenvalue weighted by molar-refractivity contribution is 0.0576. The number of aromatic nitrogens is 1. The third kappa shape index (κ3) is 4.27. The van der Waals surface area contributed by atoms with Gasteiger partial charge in [-0.05, 0) is 75.0 Å². The van der Waals surface area contributed by atoms with Gasteiger partial charge in [-0.2, -0.15) is 0 Å². The molecule has 2 aromatic carbocycles. The maximum absolute atomic E-state index is 13.4. The smallest absolute Gasteiger partial charge is 0.262 e. The van der Waals surface area contributed by atoms with Gasteiger partial charge < -0.3 is 15.0 Å². The second-order valence-electron chi connectivity index (χ2n) is 9.17. The summed E-state index contributed by atoms with van der Waals surface area (Å²) < 4.78 is 6.80. The highest BCUT2D eigenvalue weighted by Gasteiger charge is 2.33. The number of hydrogen-bond donors (Lipinski definition) is 1. The second kappa shape index (κ2) is 9.40. The summed E-state index contributed by atoms with van der Waals surface area (Å²) >= 11 is 0. The summed E-state index contributed by atoms with van der Waals surface area (Å²) in [5, 5.41) is 4.44. The Morgan fingerprint density at radius 1 is 1.00 bits per heavy atom. The molecule has 1 aromatic heterocycles. The average Bonchev–Trinajstić information content (AvgIpc) is 2.88. The van der Waals surface area contributed by atoms with Crippen LogP contribution in [0.25, 0.3) is 16.5 Å². The topological polar surface area (TPSA) is 63.6 Å². The van der Waals surface area contributed by atoms with E-state index in [-0.39, 0.29) is 11.5 Å². The molecule has 2 atom stereocenters. The lowest BCUT2D eigenvalue weighted by atomic mass is 9.83. The van der Waals surface area contributed by atoms with Gasteiger partial charge in [0.05, 0.1) is 12.7 Å². The largest absolute Gasteiger partial charge is 0.497 e. The monoisotopic (exact) mass is 445 g/mol. The van der Waals surface area contributed by atoms with Crippen molar-refractivity contribution in [1.29, 1.82) is 0 Å². The molecule has 1 amide bonds. The SMILES string of the molecule is COc1ccc(-n2cc(C(=O)NC[C@H]3CCCN4CCCC[C@H]34)c3ccccc3c2=O)cc1. The summed E-state index contributed by atoms with van der Waals surface area (Å²) in [6, 6.07) is 15.2. The maximum atomic E-state index is 13.4. The summed E-state index contributed by atoms with van der Waals surface area (Å²) in [6.07, 6.45) is 7.83. The van der Waals surface area contributed by atoms with Crippen molar-refractivity contribution in [2.24, 2.45) is 5.92 Å². The number of rotatable bonds is 5. The molecule has 33 heavy (non-hydrogen) atoms. The molecule has 2 aliphatic heterocycles. The number of amides is 1. The number of benzene rings is 2. The molecule has 172 valence electrons. The zero-order chi connectivity index (χ0) is 22.8. The van der Waals surface area contributed by atoms with E-state index >= 15 is 0 Å². The molecule has 5 rings (SSSR count). The number of carbonyl (C=O) groups is 1. The Hall–Kier alpha value is -3.12. The molecule has 3 heterocycles. The van der Waals surface area contributed by atoms with Crippen molar-refractivity contribution in [3.05, 3.63) is 70.6 Å². The average molecular weight is 446 g/mol. The Labute approximate surface area is 194 Å². The van der Waals surface area contributed by atoms with Crippen LogP contribution in [0.2, 0.25) is 0 Å². The summed E-state index contributed by atoms with van der Waals surface area (Å²) in [7, 11) is 1.61. The van der Waals surface area contributed by atoms with E-state index in [0.29, 0.717) is 40.5 Å². The van der Waals surface area contributed by atoms with Gasteiger partial charge in [0.2, 0.25) is 0 Å². The van der Waals surface area contributed by atoms with Gasteiger partial charge in [0.25, 0.3) is 11.5 Å². The van der Waals surface area contributed by atoms with Crippen LogP contribution in [-0.2, 0) is 0 Å². The van der Waals surface area contributed by atoms with Gasteiger partial charge in [0.15, 0.2) is 0 Å². The minimum atomic E-state index is -0.141. The molecule has 0 radical (unpaired) electrons. The van der Waals surface area contributed by atoms with E-state index in [4.69, 9.17) is 4.74 Å². The molecule has 0 unspecified atom stereocenters. The quantitative estimate of drug-likeness (QED) is 0.645. The van der Waals surface area contributed by atoms with E-state index in [1.165, 1.54) is 38.8 Å². The molecular formula is C27H31N3O3. The molecule has 2 saturated heterocycles. The normalized spacial score (nSPS) is 20.9. The van der Waals surface area contributed by atoms with Gasteiger partial charge in [-0.15, -0.1) is 0 Å². The molecule has 6 nitrogen and oxygen atoms in total. The molecule has 1 N–H and O–H groups in total. The molecule has 0 aliphatic carbocycles. The highest BCUT2D eigenvalue weighted by Crippen LogP contribution is 2.30. The molecule has 0 spiro atoms. The highest BCUT2D eigenvalue weighted by atomic mass is 16.5. The van der Waals surface area contributed by atoms with E-state index in [1.807, 2.05) is 42.5 Å². The zero-order valence-corrected chi connectivity index (χ0v) is 19.1. The lowest BCUT2D eigenvalue weighted by Crippen LogP contribution is -2.51. The summed E-state index contributed by atoms with van der Waals surface area (Å²) in [5.41, 5.74) is 1.08. The number of nitrogens with zero attached hydrogens (tertiary/aromatic N) is 2. The Bertz CT molecular complexity index is 1200. The van der Waals surface area contributed by atoms with Crippen LogP contribution in [0.4, 0.5) is 0 Å². The first-order valence-electron chi connectivity index (χ1n) is 12.0. The van der Waals surface area contributed by atoms with Crippen LogP contribution in [-0.4, -0.2) is 48.2 Å². The number of methoxy groups -OCH3 is 1. The number of ether oxygens (including phenoxy) is 1. The van der Waals surface area contributed by atoms with Crippen LogP contribution in [0.1, 0.15) is 42.5 Å². The molecule has 6 heteroatoms. The number of carbonyl (C=O) groups excluding carboxylic acids is 1. The Morgan fingerprint density at radius 2 is 1.76 bits per heavy atom. The van der Waals surface area contributed by atoms with Crippen LogP contribution in [0.3, 0.4) is 0 Å². The van der Waals surface area contributed by atoms with Crippen LogP contribution >= 0.6 is 0 Å². The van der Waals surface area contributed by atoms with Crippen molar-refractivity contribution in [3.8, 4) is 11.4 Å². The Balaban J connectivity index is 1.44. The van der Waals surface area contributed by atoms with Gasteiger partial charge in [-0.3, -0.25) is 14.2 Å². The number of pyridine rings is 1. The van der Waals surface area contributed by atoms with Crippen molar-refractivity contribution in [1.82, 2.24) is 14.8 Å². The van der Waals surface area contributed by atoms with Crippen molar-refractivity contribution < 1.29 is 9.53 Å². The fourth-order valence-corrected chi connectivity index (χ4v) is 5.54. The van der Waals surface area contributed by atoms with E-state index in [9.17, 15) is 9.59 Å². The predicted octanol–water partition coefficient (Wildman–Crippen LogP) is 3.99. The van der Waals surface area contributed by atoms with E-state index < -0.39 is 0 Å². The van der Waals surface area contributed by atoms with Crippen LogP contribution in [0, 0.1) is 5.92 Å². The first-order valence-corrected chi connectivity index (χ1v) is 12.0. The first-order chi connectivity index (χ1) is 16.2. The molecular weight excluding hydrogens is 414 g/mol. The van der Waals surface area contributed by atoms with Crippen molar-refractivity contribution in [2.75, 3.05) is 26.7 Å². The van der Waals surface area contributed by atoms with Crippen LogP contribution < -0.4 is 15.6 Å². The molecule has 0 bridgehead atoms. The Morgan fingerprint density at radius 3 is 2.55 bits per heavy atom. The number of fused-ring (bicyclic) bond motifs is 2. The van der Waals surface area contributed by atoms with Gasteiger partial charge in [-0.25, -0.2) is 0 Å². The van der Waals surface area contributed by atoms with Gasteiger partial charge in [-0.1, -0.05) is 24.6 Å². The highest BCUT2D eigenvalue weighted by molar-refractivity contribution is 6.06. The lowest BCUT2D eigenvalue weighted by Gasteiger charge is -2.44. The minimum absolute atomic E-state index is 0.124. The summed E-state index contributed by atoms with van der Waals surface area (Å²) in [5.74, 6) is 1.08. The van der Waals surface area contributed by atoms with Crippen molar-refractivity contribution >= 4 is 16.7 Å². The fraction of sp³-hybridized carbons (Fsp3) is 0.407. The number of hydrogen-bond acceptors (Lipinski definition) is 4. The van der Waals surface area contributed by atoms with E-state index in [0.717, 1.165) is 12.2 Å². The second-order valence-corrected chi connectivity index (χ2v) is 9.17. The predicted molar refractivity (Wildman–Crippen MR) is 130 cm³/mol. The fourth-order valence-electron chi connectivity index (χ4n) is 5.54. The molecule has 3 aromatic rings. The van der Waals surface area contributed by atoms with Gasteiger partial charge in [0, 0.05) is 35.2 Å². The van der Waals surface area contributed by atoms with Crippen molar-refractivity contribution in [3.63, 3.8) is 0 Å². The third-order valence-electron chi connectivity index (χ3n) is 7.27. The van der Waals surface area contributed by atoms with Crippen molar-refractivity contribution in [2.45, 2.75) is 38.1 Å². The van der Waals surface area contributed by atoms with Crippen LogP contribution in [0.15, 0.2) is 59.5 Å². The number of nitrogens with one attached hydrogen (secondary N) is 1. The van der Waals surface area contributed by atoms with Crippen LogP contribution in [0.5, 0.6) is 5.75 Å². The van der Waals surface area contributed by atoms with Gasteiger partial charge >= 0.3 is 0 Å². The number of piperidine rings is 2. The van der Waals surface area contributed by atoms with E-state index in [1.54, 1.807) is 23.9 Å². The zero-order valence-electron chi connectivity index (χ0n) is 19.1. The molecule has 2 aliphatic rings. The summed E-state index contributed by atoms with van der Waals surface area (Å²) in [6.45, 7) is 3.05. The van der Waals surface area contributed by atoms with E-state index in [2.05, 4.69) is 10.2 Å². The summed E-state index contributed by atoms with van der Waals surface area (Å²) in [4.78, 5) is 29.2.